The van der Waals surface area contributed by atoms with Gasteiger partial charge in [-0.2, -0.15) is 37.9 Å². The summed E-state index contributed by atoms with van der Waals surface area (Å²) < 4.78 is 0. The summed E-state index contributed by atoms with van der Waals surface area (Å²) in [7, 11) is 0. The van der Waals surface area contributed by atoms with Gasteiger partial charge in [-0.15, -0.1) is 0 Å². The lowest BCUT2D eigenvalue weighted by Crippen LogP contribution is -2.61. The highest BCUT2D eigenvalue weighted by atomic mass is 32.1. The predicted molar refractivity (Wildman–Crippen MR) is 268 cm³/mol. The van der Waals surface area contributed by atoms with E-state index in [1.807, 2.05) is 0 Å². The largest absolute Gasteiger partial charge is 0.480 e. The number of rotatable bonds is 33. The molecule has 0 spiro atoms. The number of carbonyl (C=O) groups excluding carboxylic acids is 12. The fourth-order valence-corrected chi connectivity index (χ4v) is 7.46. The normalized spacial score (nSPS) is 17.2. The molecule has 0 unspecified atom stereocenters. The van der Waals surface area contributed by atoms with E-state index >= 15 is 0 Å². The van der Waals surface area contributed by atoms with Crippen LogP contribution in [-0.4, -0.2) is 212 Å². The van der Waals surface area contributed by atoms with Crippen LogP contribution < -0.4 is 65.1 Å². The molecule has 0 saturated carbocycles. The van der Waals surface area contributed by atoms with E-state index in [1.165, 1.54) is 6.92 Å². The van der Waals surface area contributed by atoms with E-state index in [2.05, 4.69) is 85.7 Å². The third kappa shape index (κ3) is 21.8. The third-order valence-electron chi connectivity index (χ3n) is 10.9. The smallest absolute Gasteiger partial charge is 0.327 e. The summed E-state index contributed by atoms with van der Waals surface area (Å²) in [5.41, 5.74) is 16.2. The van der Waals surface area contributed by atoms with Gasteiger partial charge in [-0.1, -0.05) is 13.8 Å². The van der Waals surface area contributed by atoms with Gasteiger partial charge in [0.05, 0.1) is 32.3 Å². The van der Waals surface area contributed by atoms with Crippen molar-refractivity contribution in [1.82, 2.24) is 52.8 Å². The van der Waals surface area contributed by atoms with Crippen molar-refractivity contribution in [3.63, 3.8) is 0 Å². The zero-order valence-electron chi connectivity index (χ0n) is 40.7. The van der Waals surface area contributed by atoms with Crippen LogP contribution in [0.5, 0.6) is 0 Å². The maximum atomic E-state index is 13.8. The van der Waals surface area contributed by atoms with Crippen molar-refractivity contribution in [2.45, 2.75) is 126 Å². The number of nitrogens with zero attached hydrogens (tertiary/aromatic N) is 1. The molecule has 11 atom stereocenters. The molecule has 418 valence electrons. The van der Waals surface area contributed by atoms with Gasteiger partial charge >= 0.3 is 5.97 Å². The average molecular weight is 1110 g/mol. The van der Waals surface area contributed by atoms with Crippen molar-refractivity contribution in [2.75, 3.05) is 43.6 Å². The second kappa shape index (κ2) is 33.0. The lowest BCUT2D eigenvalue weighted by molar-refractivity contribution is -0.143. The van der Waals surface area contributed by atoms with Crippen molar-refractivity contribution in [3.8, 4) is 0 Å². The molecule has 1 saturated heterocycles. The molecule has 0 aromatic rings. The molecule has 74 heavy (non-hydrogen) atoms. The fraction of sp³-hybridized carbons (Fsp3) is 0.683. The number of likely N-dealkylation sites (tertiary alicyclic amines) is 1. The number of carbonyl (C=O) groups is 13. The highest BCUT2D eigenvalue weighted by Gasteiger charge is 2.40. The van der Waals surface area contributed by atoms with Gasteiger partial charge in [-0.05, 0) is 38.5 Å². The summed E-state index contributed by atoms with van der Waals surface area (Å²) >= 11 is 11.8. The van der Waals surface area contributed by atoms with Gasteiger partial charge in [-0.3, -0.25) is 57.5 Å². The van der Waals surface area contributed by atoms with E-state index in [-0.39, 0.29) is 43.2 Å². The first kappa shape index (κ1) is 66.0. The maximum absolute atomic E-state index is 13.8. The second-order valence-corrected chi connectivity index (χ2v) is 18.3. The Hall–Kier alpha value is -6.00. The second-order valence-electron chi connectivity index (χ2n) is 17.3. The third-order valence-corrected chi connectivity index (χ3v) is 12.0. The van der Waals surface area contributed by atoms with Gasteiger partial charge in [0, 0.05) is 30.2 Å². The number of thiol groups is 3. The standard InChI is InChI=1S/C41H69N13O17S3/c1-17(2)9-21(34(63)53-27(16-74)41(70)71)47-31(60)18(3)45-39(68)28-5-4-8-54(28)40(69)25(13-57)51-35(64)22(10-30(44)59)48-33(62)20(6-7-29(43)58)46-38(67)26(15-73)52-37(66)24(12-56)50-36(65)23(11-55)49-32(61)19(42)14-72/h17-28,55-57,72-74H,4-16,42H2,1-3H3,(H2,43,58)(H2,44,59)(H,45,68)(H,46,67)(H,47,60)(H,48,62)(H,49,61)(H,50,65)(H,51,64)(H,52,66)(H,53,63)(H,70,71)/t18-,19-,20-,21-,22-,23-,24-,25-,26-,27-,28-/m0/s1. The van der Waals surface area contributed by atoms with Crippen molar-refractivity contribution >= 4 is 115 Å². The van der Waals surface area contributed by atoms with Gasteiger partial charge in [0.25, 0.3) is 0 Å². The van der Waals surface area contributed by atoms with Gasteiger partial charge in [-0.25, -0.2) is 4.79 Å². The van der Waals surface area contributed by atoms with E-state index in [0.29, 0.717) is 0 Å². The van der Waals surface area contributed by atoms with Crippen molar-refractivity contribution in [3.05, 3.63) is 0 Å². The number of hydrogen-bond donors (Lipinski definition) is 19. The lowest BCUT2D eigenvalue weighted by Gasteiger charge is -2.30. The molecule has 30 nitrogen and oxygen atoms in total. The molecule has 0 aromatic heterocycles. The number of aliphatic carboxylic acids is 1. The Labute approximate surface area is 441 Å². The SMILES string of the molecule is CC(C)C[C@H](NC(=O)[C@H](C)NC(=O)[C@@H]1CCCN1C(=O)[C@H](CO)NC(=O)[C@H](CC(N)=O)NC(=O)[C@H](CCC(N)=O)NC(=O)[C@H](CS)NC(=O)[C@H](CO)NC(=O)[C@H](CO)NC(=O)[C@@H](N)CS)C(=O)N[C@@H](CS)C(=O)O. The van der Waals surface area contributed by atoms with Gasteiger partial charge in [0.15, 0.2) is 0 Å². The van der Waals surface area contributed by atoms with Gasteiger partial charge in [0.2, 0.25) is 70.9 Å². The zero-order valence-corrected chi connectivity index (χ0v) is 43.4. The molecule has 1 aliphatic heterocycles. The monoisotopic (exact) mass is 1110 g/mol. The molecule has 19 N–H and O–H groups in total. The molecular weight excluding hydrogens is 1040 g/mol. The molecule has 1 rings (SSSR count). The molecule has 1 fully saturated rings. The van der Waals surface area contributed by atoms with Crippen LogP contribution >= 0.6 is 37.9 Å². The highest BCUT2D eigenvalue weighted by molar-refractivity contribution is 7.80. The van der Waals surface area contributed by atoms with Crippen molar-refractivity contribution in [2.24, 2.45) is 23.1 Å². The minimum Gasteiger partial charge on any atom is -0.480 e. The molecule has 0 aromatic carbocycles. The van der Waals surface area contributed by atoms with E-state index < -0.39 is 188 Å². The summed E-state index contributed by atoms with van der Waals surface area (Å²) in [4.78, 5) is 169. The van der Waals surface area contributed by atoms with Crippen LogP contribution in [0.2, 0.25) is 0 Å². The Morgan fingerprint density at radius 1 is 0.541 bits per heavy atom. The minimum atomic E-state index is -1.92. The lowest BCUT2D eigenvalue weighted by atomic mass is 10.0. The molecule has 1 heterocycles. The quantitative estimate of drug-likeness (QED) is 0.0271. The van der Waals surface area contributed by atoms with E-state index in [4.69, 9.17) is 17.2 Å². The van der Waals surface area contributed by atoms with E-state index in [1.54, 1.807) is 13.8 Å². The number of carboxylic acids is 1. The molecule has 33 heteroatoms. The van der Waals surface area contributed by atoms with E-state index in [9.17, 15) is 82.8 Å². The fourth-order valence-electron chi connectivity index (χ4n) is 6.79. The predicted octanol–water partition coefficient (Wildman–Crippen LogP) is -9.27. The number of aliphatic hydroxyl groups excluding tert-OH is 3. The maximum Gasteiger partial charge on any atom is 0.327 e. The molecule has 1 aliphatic rings. The van der Waals surface area contributed by atoms with Crippen LogP contribution in [0.25, 0.3) is 0 Å². The topological polar surface area (TPSA) is 492 Å². The highest BCUT2D eigenvalue weighted by Crippen LogP contribution is 2.19. The summed E-state index contributed by atoms with van der Waals surface area (Å²) in [6, 6.07) is -16.8. The Kier molecular flexibility index (Phi) is 29.5. The Bertz CT molecular complexity index is 2040. The average Bonchev–Trinajstić information content (AvgIpc) is 3.84. The Morgan fingerprint density at radius 2 is 0.973 bits per heavy atom. The van der Waals surface area contributed by atoms with E-state index in [0.717, 1.165) is 4.90 Å². The molecule has 0 aliphatic carbocycles. The molecule has 0 bridgehead atoms. The first-order valence-electron chi connectivity index (χ1n) is 22.9. The van der Waals surface area contributed by atoms with Crippen LogP contribution in [0.4, 0.5) is 0 Å². The molecular formula is C41H69N13O17S3. The van der Waals surface area contributed by atoms with Crippen LogP contribution in [0.1, 0.15) is 59.3 Å². The van der Waals surface area contributed by atoms with Gasteiger partial charge < -0.3 is 90.4 Å². The van der Waals surface area contributed by atoms with Crippen molar-refractivity contribution in [1.29, 1.82) is 0 Å². The summed E-state index contributed by atoms with van der Waals surface area (Å²) in [6.07, 6.45) is -1.63. The zero-order chi connectivity index (χ0) is 56.6. The van der Waals surface area contributed by atoms with Gasteiger partial charge in [0.1, 0.15) is 60.4 Å². The summed E-state index contributed by atoms with van der Waals surface area (Å²) in [6.45, 7) is 1.63. The molecule has 0 radical (unpaired) electrons. The molecule has 12 amide bonds. The van der Waals surface area contributed by atoms with Crippen molar-refractivity contribution < 1.29 is 82.8 Å². The minimum absolute atomic E-state index is 0.0604. The van der Waals surface area contributed by atoms with Crippen LogP contribution in [0, 0.1) is 5.92 Å². The number of nitrogens with one attached hydrogen (secondary N) is 9. The summed E-state index contributed by atoms with van der Waals surface area (Å²) in [5.74, 6) is -14.8. The number of nitrogens with two attached hydrogens (primary N) is 3. The number of amides is 12. The van der Waals surface area contributed by atoms with Crippen LogP contribution in [0.3, 0.4) is 0 Å². The number of primary amides is 2. The summed E-state index contributed by atoms with van der Waals surface area (Å²) in [5, 5.41) is 59.3. The first-order valence-corrected chi connectivity index (χ1v) is 24.8. The Balaban J connectivity index is 3.20. The number of aliphatic hydroxyl groups is 3. The Morgan fingerprint density at radius 3 is 1.46 bits per heavy atom. The van der Waals surface area contributed by atoms with Crippen LogP contribution in [-0.2, 0) is 62.3 Å². The van der Waals surface area contributed by atoms with Crippen LogP contribution in [0.15, 0.2) is 0 Å². The number of carboxylic acid groups (broad SMARTS) is 1. The number of hydrogen-bond acceptors (Lipinski definition) is 20. The first-order chi connectivity index (χ1) is 34.7.